The molecule has 0 spiro atoms. The summed E-state index contributed by atoms with van der Waals surface area (Å²) in [5, 5.41) is 7.98. The average Bonchev–Trinajstić information content (AvgIpc) is 3.17. The van der Waals surface area contributed by atoms with E-state index in [1.54, 1.807) is 6.20 Å². The van der Waals surface area contributed by atoms with Crippen LogP contribution in [0, 0.1) is 5.92 Å². The normalized spacial score (nSPS) is 20.4. The highest BCUT2D eigenvalue weighted by Crippen LogP contribution is 2.28. The molecule has 0 radical (unpaired) electrons. The number of piperidine rings is 1. The van der Waals surface area contributed by atoms with Crippen molar-refractivity contribution in [3.8, 4) is 0 Å². The number of carbonyl (C=O) groups is 1. The predicted molar refractivity (Wildman–Crippen MR) is 86.9 cm³/mol. The van der Waals surface area contributed by atoms with Gasteiger partial charge in [0.05, 0.1) is 17.3 Å². The molecule has 1 N–H and O–H groups in total. The molecule has 1 saturated carbocycles. The van der Waals surface area contributed by atoms with Crippen LogP contribution >= 0.6 is 0 Å². The summed E-state index contributed by atoms with van der Waals surface area (Å²) >= 11 is 0. The van der Waals surface area contributed by atoms with Crippen LogP contribution in [0.2, 0.25) is 0 Å². The van der Waals surface area contributed by atoms with Gasteiger partial charge in [0.2, 0.25) is 0 Å². The van der Waals surface area contributed by atoms with Crippen LogP contribution in [0.3, 0.4) is 0 Å². The summed E-state index contributed by atoms with van der Waals surface area (Å²) in [7, 11) is 0. The van der Waals surface area contributed by atoms with E-state index in [9.17, 15) is 4.79 Å². The van der Waals surface area contributed by atoms with Crippen molar-refractivity contribution in [2.24, 2.45) is 5.92 Å². The fraction of sp³-hybridized carbons (Fsp3) is 0.765. The van der Waals surface area contributed by atoms with E-state index < -0.39 is 0 Å². The molecule has 1 aliphatic heterocycles. The van der Waals surface area contributed by atoms with Crippen molar-refractivity contribution in [2.45, 2.75) is 58.0 Å². The van der Waals surface area contributed by atoms with E-state index in [0.29, 0.717) is 11.6 Å². The number of nitrogens with zero attached hydrogens (tertiary/aromatic N) is 3. The Hall–Kier alpha value is -1.36. The number of likely N-dealkylation sites (tertiary alicyclic amines) is 1. The summed E-state index contributed by atoms with van der Waals surface area (Å²) in [6.45, 7) is 9.13. The number of aromatic nitrogens is 2. The van der Waals surface area contributed by atoms with Gasteiger partial charge in [0.15, 0.2) is 0 Å². The Labute approximate surface area is 133 Å². The number of amides is 1. The smallest absolute Gasteiger partial charge is 0.257 e. The first-order valence-corrected chi connectivity index (χ1v) is 8.51. The van der Waals surface area contributed by atoms with Crippen LogP contribution in [0.15, 0.2) is 12.4 Å². The van der Waals surface area contributed by atoms with Gasteiger partial charge in [0.1, 0.15) is 0 Å². The monoisotopic (exact) mass is 304 g/mol. The standard InChI is InChI=1S/C17H28N4O/c1-17(2,3)21-12-14(11-19-21)16(22)20-8-6-15(7-9-20)18-10-13-4-5-13/h11-13,15,18H,4-10H2,1-3H3. The van der Waals surface area contributed by atoms with E-state index in [1.807, 2.05) is 15.8 Å². The van der Waals surface area contributed by atoms with Crippen molar-refractivity contribution in [2.75, 3.05) is 19.6 Å². The van der Waals surface area contributed by atoms with E-state index in [1.165, 1.54) is 12.8 Å². The molecular weight excluding hydrogens is 276 g/mol. The lowest BCUT2D eigenvalue weighted by Gasteiger charge is -2.32. The number of hydrogen-bond donors (Lipinski definition) is 1. The van der Waals surface area contributed by atoms with Crippen LogP contribution in [-0.2, 0) is 5.54 Å². The SMILES string of the molecule is CC(C)(C)n1cc(C(=O)N2CCC(NCC3CC3)CC2)cn1. The summed E-state index contributed by atoms with van der Waals surface area (Å²) in [4.78, 5) is 14.5. The number of rotatable bonds is 4. The molecule has 2 heterocycles. The van der Waals surface area contributed by atoms with E-state index in [2.05, 4.69) is 31.2 Å². The third-order valence-corrected chi connectivity index (χ3v) is 4.69. The average molecular weight is 304 g/mol. The second-order valence-corrected chi connectivity index (χ2v) is 7.76. The first kappa shape index (κ1) is 15.5. The molecular formula is C17H28N4O. The van der Waals surface area contributed by atoms with Gasteiger partial charge in [-0.25, -0.2) is 0 Å². The molecule has 5 heteroatoms. The fourth-order valence-corrected chi connectivity index (χ4v) is 2.92. The Balaban J connectivity index is 1.51. The fourth-order valence-electron chi connectivity index (χ4n) is 2.92. The minimum absolute atomic E-state index is 0.0851. The lowest BCUT2D eigenvalue weighted by atomic mass is 10.0. The minimum atomic E-state index is -0.0851. The van der Waals surface area contributed by atoms with Gasteiger partial charge in [-0.15, -0.1) is 0 Å². The minimum Gasteiger partial charge on any atom is -0.338 e. The summed E-state index contributed by atoms with van der Waals surface area (Å²) < 4.78 is 1.87. The molecule has 1 aliphatic carbocycles. The molecule has 0 unspecified atom stereocenters. The highest BCUT2D eigenvalue weighted by Gasteiger charge is 2.27. The number of carbonyl (C=O) groups excluding carboxylic acids is 1. The van der Waals surface area contributed by atoms with Crippen molar-refractivity contribution in [3.63, 3.8) is 0 Å². The largest absolute Gasteiger partial charge is 0.338 e. The van der Waals surface area contributed by atoms with Gasteiger partial charge in [-0.3, -0.25) is 9.48 Å². The molecule has 0 aromatic carbocycles. The zero-order chi connectivity index (χ0) is 15.7. The highest BCUT2D eigenvalue weighted by molar-refractivity contribution is 5.93. The number of nitrogens with one attached hydrogen (secondary N) is 1. The van der Waals surface area contributed by atoms with Gasteiger partial charge >= 0.3 is 0 Å². The van der Waals surface area contributed by atoms with Crippen LogP contribution in [0.25, 0.3) is 0 Å². The first-order chi connectivity index (χ1) is 10.4. The van der Waals surface area contributed by atoms with Gasteiger partial charge in [-0.2, -0.15) is 5.10 Å². The summed E-state index contributed by atoms with van der Waals surface area (Å²) in [6, 6.07) is 0.585. The number of hydrogen-bond acceptors (Lipinski definition) is 3. The second-order valence-electron chi connectivity index (χ2n) is 7.76. The van der Waals surface area contributed by atoms with Gasteiger partial charge in [-0.1, -0.05) is 0 Å². The Morgan fingerprint density at radius 3 is 2.50 bits per heavy atom. The van der Waals surface area contributed by atoms with Gasteiger partial charge in [0, 0.05) is 25.3 Å². The van der Waals surface area contributed by atoms with E-state index in [-0.39, 0.29) is 11.4 Å². The Morgan fingerprint density at radius 2 is 1.95 bits per heavy atom. The Bertz CT molecular complexity index is 519. The molecule has 1 aromatic rings. The molecule has 3 rings (SSSR count). The van der Waals surface area contributed by atoms with Gasteiger partial charge in [0.25, 0.3) is 5.91 Å². The second kappa shape index (κ2) is 6.03. The third-order valence-electron chi connectivity index (χ3n) is 4.69. The summed E-state index contributed by atoms with van der Waals surface area (Å²) in [5.74, 6) is 1.04. The zero-order valence-corrected chi connectivity index (χ0v) is 14.0. The molecule has 2 aliphatic rings. The van der Waals surface area contributed by atoms with E-state index in [0.717, 1.165) is 38.4 Å². The summed E-state index contributed by atoms with van der Waals surface area (Å²) in [5.41, 5.74) is 0.623. The van der Waals surface area contributed by atoms with Gasteiger partial charge in [-0.05, 0) is 58.9 Å². The van der Waals surface area contributed by atoms with Crippen LogP contribution < -0.4 is 5.32 Å². The Kier molecular flexibility index (Phi) is 4.26. The van der Waals surface area contributed by atoms with Crippen LogP contribution in [0.5, 0.6) is 0 Å². The van der Waals surface area contributed by atoms with Crippen molar-refractivity contribution in [1.82, 2.24) is 20.0 Å². The van der Waals surface area contributed by atoms with Crippen molar-refractivity contribution >= 4 is 5.91 Å². The Morgan fingerprint density at radius 1 is 1.27 bits per heavy atom. The lowest BCUT2D eigenvalue weighted by molar-refractivity contribution is 0.0705. The maximum absolute atomic E-state index is 12.6. The van der Waals surface area contributed by atoms with E-state index in [4.69, 9.17) is 0 Å². The van der Waals surface area contributed by atoms with Crippen molar-refractivity contribution in [1.29, 1.82) is 0 Å². The molecule has 2 fully saturated rings. The summed E-state index contributed by atoms with van der Waals surface area (Å²) in [6.07, 6.45) is 8.48. The highest BCUT2D eigenvalue weighted by atomic mass is 16.2. The molecule has 1 saturated heterocycles. The first-order valence-electron chi connectivity index (χ1n) is 8.51. The molecule has 0 bridgehead atoms. The maximum atomic E-state index is 12.6. The van der Waals surface area contributed by atoms with Crippen molar-refractivity contribution in [3.05, 3.63) is 18.0 Å². The van der Waals surface area contributed by atoms with E-state index >= 15 is 0 Å². The lowest BCUT2D eigenvalue weighted by Crippen LogP contribution is -2.45. The maximum Gasteiger partial charge on any atom is 0.257 e. The quantitative estimate of drug-likeness (QED) is 0.928. The van der Waals surface area contributed by atoms with Gasteiger partial charge < -0.3 is 10.2 Å². The molecule has 22 heavy (non-hydrogen) atoms. The molecule has 5 nitrogen and oxygen atoms in total. The van der Waals surface area contributed by atoms with Crippen LogP contribution in [0.4, 0.5) is 0 Å². The molecule has 1 amide bonds. The van der Waals surface area contributed by atoms with Crippen LogP contribution in [0.1, 0.15) is 56.8 Å². The van der Waals surface area contributed by atoms with Crippen LogP contribution in [-0.4, -0.2) is 46.3 Å². The molecule has 122 valence electrons. The zero-order valence-electron chi connectivity index (χ0n) is 14.0. The molecule has 1 aromatic heterocycles. The predicted octanol–water partition coefficient (Wildman–Crippen LogP) is 2.24. The van der Waals surface area contributed by atoms with Crippen molar-refractivity contribution < 1.29 is 4.79 Å². The topological polar surface area (TPSA) is 50.2 Å². The molecule has 0 atom stereocenters. The third kappa shape index (κ3) is 3.69.